The van der Waals surface area contributed by atoms with Crippen LogP contribution in [0, 0.1) is 24.6 Å². The number of hydrogen-bond acceptors (Lipinski definition) is 3. The molecule has 0 atom stereocenters. The minimum absolute atomic E-state index is 0.0992. The maximum Gasteiger partial charge on any atom is 0.217 e. The van der Waals surface area contributed by atoms with E-state index in [0.717, 1.165) is 61.5 Å². The number of carbonyl (C=O) groups is 1. The lowest BCUT2D eigenvalue weighted by molar-refractivity contribution is -0.119. The van der Waals surface area contributed by atoms with Crippen molar-refractivity contribution in [3.63, 3.8) is 0 Å². The van der Waals surface area contributed by atoms with Crippen LogP contribution >= 0.6 is 0 Å². The average molecular weight is 402 g/mol. The van der Waals surface area contributed by atoms with Gasteiger partial charge >= 0.3 is 0 Å². The second kappa shape index (κ2) is 10.3. The Kier molecular flexibility index (Phi) is 7.82. The molecule has 2 fully saturated rings. The molecule has 1 aliphatic carbocycles. The average Bonchev–Trinajstić information content (AvgIpc) is 2.70. The molecule has 1 saturated carbocycles. The van der Waals surface area contributed by atoms with E-state index in [9.17, 15) is 9.18 Å². The van der Waals surface area contributed by atoms with Gasteiger partial charge in [0.15, 0.2) is 0 Å². The molecule has 1 saturated heterocycles. The fourth-order valence-electron chi connectivity index (χ4n) is 5.12. The lowest BCUT2D eigenvalue weighted by Crippen LogP contribution is -2.39. The second-order valence-corrected chi connectivity index (χ2v) is 8.89. The lowest BCUT2D eigenvalue weighted by atomic mass is 9.83. The topological polar surface area (TPSA) is 44.7 Å². The molecule has 3 rings (SSSR count). The van der Waals surface area contributed by atoms with Gasteiger partial charge in [0, 0.05) is 31.6 Å². The van der Waals surface area contributed by atoms with Gasteiger partial charge in [-0.1, -0.05) is 0 Å². The Bertz CT molecular complexity index is 717. The summed E-state index contributed by atoms with van der Waals surface area (Å²) in [6, 6.07) is 5.43. The van der Waals surface area contributed by atoms with Crippen LogP contribution < -0.4 is 5.32 Å². The summed E-state index contributed by atoms with van der Waals surface area (Å²) in [5, 5.41) is 3.07. The highest BCUT2D eigenvalue weighted by molar-refractivity contribution is 6.03. The largest absolute Gasteiger partial charge is 0.354 e. The fraction of sp³-hybridized carbons (Fsp3) is 0.667. The Morgan fingerprint density at radius 1 is 1.17 bits per heavy atom. The molecule has 1 aromatic carbocycles. The Hall–Kier alpha value is -1.75. The number of piperidine rings is 1. The van der Waals surface area contributed by atoms with Crippen LogP contribution in [-0.4, -0.2) is 49.2 Å². The van der Waals surface area contributed by atoms with Crippen LogP contribution in [0.2, 0.25) is 0 Å². The van der Waals surface area contributed by atoms with Crippen molar-refractivity contribution >= 4 is 11.6 Å². The molecule has 1 amide bonds. The molecule has 0 radical (unpaired) electrons. The first-order valence-corrected chi connectivity index (χ1v) is 11.2. The van der Waals surface area contributed by atoms with Gasteiger partial charge in [0.1, 0.15) is 5.82 Å². The van der Waals surface area contributed by atoms with E-state index in [1.807, 2.05) is 20.0 Å². The number of carbonyl (C=O) groups excluding carboxylic acids is 1. The number of aryl methyl sites for hydroxylation is 1. The van der Waals surface area contributed by atoms with Gasteiger partial charge in [0.25, 0.3) is 0 Å². The van der Waals surface area contributed by atoms with Crippen LogP contribution in [0.3, 0.4) is 0 Å². The van der Waals surface area contributed by atoms with Crippen molar-refractivity contribution in [1.29, 1.82) is 0 Å². The van der Waals surface area contributed by atoms with Gasteiger partial charge in [-0.2, -0.15) is 0 Å². The maximum atomic E-state index is 13.5. The van der Waals surface area contributed by atoms with E-state index < -0.39 is 0 Å². The molecule has 0 unspecified atom stereocenters. The van der Waals surface area contributed by atoms with E-state index in [4.69, 9.17) is 0 Å². The molecule has 29 heavy (non-hydrogen) atoms. The van der Waals surface area contributed by atoms with E-state index in [1.165, 1.54) is 25.8 Å². The molecule has 160 valence electrons. The number of nitrogens with one attached hydrogen (secondary N) is 1. The molecule has 1 heterocycles. The molecule has 0 spiro atoms. The Morgan fingerprint density at radius 3 is 2.45 bits per heavy atom. The van der Waals surface area contributed by atoms with Gasteiger partial charge in [0.05, 0.1) is 0 Å². The van der Waals surface area contributed by atoms with Gasteiger partial charge < -0.3 is 10.2 Å². The number of nitrogens with zero attached hydrogens (tertiary/aromatic N) is 2. The number of likely N-dealkylation sites (tertiary alicyclic amines) is 1. The van der Waals surface area contributed by atoms with Crippen LogP contribution in [0.4, 0.5) is 4.39 Å². The summed E-state index contributed by atoms with van der Waals surface area (Å²) in [6.07, 6.45) is 8.23. The van der Waals surface area contributed by atoms with E-state index >= 15 is 0 Å². The van der Waals surface area contributed by atoms with Crippen LogP contribution in [0.25, 0.3) is 0 Å². The highest BCUT2D eigenvalue weighted by Crippen LogP contribution is 2.29. The summed E-state index contributed by atoms with van der Waals surface area (Å²) in [5.74, 6) is 1.19. The van der Waals surface area contributed by atoms with Crippen molar-refractivity contribution in [2.24, 2.45) is 16.8 Å². The summed E-state index contributed by atoms with van der Waals surface area (Å²) in [4.78, 5) is 18.4. The molecule has 0 bridgehead atoms. The summed E-state index contributed by atoms with van der Waals surface area (Å²) in [5.41, 5.74) is 3.21. The van der Waals surface area contributed by atoms with Gasteiger partial charge in [0.2, 0.25) is 5.91 Å². The van der Waals surface area contributed by atoms with Crippen LogP contribution in [0.5, 0.6) is 0 Å². The number of benzene rings is 1. The van der Waals surface area contributed by atoms with E-state index in [0.29, 0.717) is 12.0 Å². The summed E-state index contributed by atoms with van der Waals surface area (Å²) in [7, 11) is 1.86. The van der Waals surface area contributed by atoms with E-state index in [2.05, 4.69) is 15.2 Å². The Balaban J connectivity index is 1.43. The van der Waals surface area contributed by atoms with Gasteiger partial charge in [-0.15, -0.1) is 0 Å². The highest BCUT2D eigenvalue weighted by atomic mass is 19.1. The van der Waals surface area contributed by atoms with Crippen molar-refractivity contribution in [3.8, 4) is 0 Å². The number of halogens is 1. The van der Waals surface area contributed by atoms with Crippen molar-refractivity contribution in [3.05, 3.63) is 35.1 Å². The van der Waals surface area contributed by atoms with Crippen LogP contribution in [0.15, 0.2) is 23.2 Å². The second-order valence-electron chi connectivity index (χ2n) is 8.89. The third kappa shape index (κ3) is 6.11. The first kappa shape index (κ1) is 21.9. The molecule has 0 aromatic heterocycles. The first-order chi connectivity index (χ1) is 14.0. The number of amides is 1. The predicted molar refractivity (Wildman–Crippen MR) is 117 cm³/mol. The normalized spacial score (nSPS) is 24.5. The van der Waals surface area contributed by atoms with Crippen molar-refractivity contribution in [1.82, 2.24) is 10.2 Å². The maximum absolute atomic E-state index is 13.5. The zero-order valence-corrected chi connectivity index (χ0v) is 18.2. The predicted octanol–water partition coefficient (Wildman–Crippen LogP) is 4.35. The lowest BCUT2D eigenvalue weighted by Gasteiger charge is -2.35. The molecule has 1 N–H and O–H groups in total. The smallest absolute Gasteiger partial charge is 0.217 e. The number of aliphatic imine (C=N–C) groups is 1. The van der Waals surface area contributed by atoms with Gasteiger partial charge in [-0.05, 0) is 107 Å². The molecule has 1 aliphatic heterocycles. The molecule has 5 heteroatoms. The van der Waals surface area contributed by atoms with Crippen molar-refractivity contribution in [2.75, 3.05) is 26.7 Å². The molecule has 4 nitrogen and oxygen atoms in total. The number of hydrogen-bond donors (Lipinski definition) is 1. The monoisotopic (exact) mass is 401 g/mol. The summed E-state index contributed by atoms with van der Waals surface area (Å²) >= 11 is 0. The minimum Gasteiger partial charge on any atom is -0.354 e. The fourth-order valence-corrected chi connectivity index (χ4v) is 5.12. The van der Waals surface area contributed by atoms with Crippen LogP contribution in [0.1, 0.15) is 63.0 Å². The van der Waals surface area contributed by atoms with E-state index in [-0.39, 0.29) is 11.7 Å². The SMILES string of the molecule is CN=C(c1ccc(F)cc1C)C1CCN(CCC2CCC(NC(C)=O)CC2)CC1. The zero-order valence-electron chi connectivity index (χ0n) is 18.2. The third-order valence-corrected chi connectivity index (χ3v) is 6.79. The molecule has 2 aliphatic rings. The first-order valence-electron chi connectivity index (χ1n) is 11.2. The molecular formula is C24H36FN3O. The van der Waals surface area contributed by atoms with Gasteiger partial charge in [-0.3, -0.25) is 9.79 Å². The third-order valence-electron chi connectivity index (χ3n) is 6.79. The van der Waals surface area contributed by atoms with Crippen molar-refractivity contribution < 1.29 is 9.18 Å². The summed E-state index contributed by atoms with van der Waals surface area (Å²) < 4.78 is 13.5. The molecule has 1 aromatic rings. The standard InChI is InChI=1S/C24H36FN3O/c1-17-16-21(25)6-9-23(17)24(26-3)20-11-14-28(15-12-20)13-10-19-4-7-22(8-5-19)27-18(2)29/h6,9,16,19-20,22H,4-5,7-8,10-15H2,1-3H3,(H,27,29). The van der Waals surface area contributed by atoms with E-state index in [1.54, 1.807) is 19.1 Å². The summed E-state index contributed by atoms with van der Waals surface area (Å²) in [6.45, 7) is 6.99. The Morgan fingerprint density at radius 2 is 1.86 bits per heavy atom. The van der Waals surface area contributed by atoms with Crippen LogP contribution in [-0.2, 0) is 4.79 Å². The quantitative estimate of drug-likeness (QED) is 0.720. The minimum atomic E-state index is -0.178. The molecular weight excluding hydrogens is 365 g/mol. The van der Waals surface area contributed by atoms with Gasteiger partial charge in [-0.25, -0.2) is 4.39 Å². The highest BCUT2D eigenvalue weighted by Gasteiger charge is 2.26. The van der Waals surface area contributed by atoms with Crippen molar-refractivity contribution in [2.45, 2.75) is 64.8 Å². The zero-order chi connectivity index (χ0) is 20.8. The number of rotatable bonds is 6. The Labute approximate surface area is 175 Å².